The Kier molecular flexibility index (Phi) is 8.63. The Morgan fingerprint density at radius 3 is 2.50 bits per heavy atom. The predicted octanol–water partition coefficient (Wildman–Crippen LogP) is 3.20. The van der Waals surface area contributed by atoms with Gasteiger partial charge in [-0.3, -0.25) is 14.4 Å². The number of nitrogens with two attached hydrogens (primary N) is 1. The van der Waals surface area contributed by atoms with Crippen LogP contribution in [-0.4, -0.2) is 56.8 Å². The molecule has 1 aromatic carbocycles. The molecule has 1 aliphatic rings. The highest BCUT2D eigenvalue weighted by Crippen LogP contribution is 2.26. The fraction of sp³-hybridized carbons (Fsp3) is 0.429. The van der Waals surface area contributed by atoms with Crippen LogP contribution in [0.3, 0.4) is 0 Å². The molecule has 0 bridgehead atoms. The molecule has 3 heterocycles. The second-order valence-corrected chi connectivity index (χ2v) is 11.4. The lowest BCUT2D eigenvalue weighted by Crippen LogP contribution is -2.55. The van der Waals surface area contributed by atoms with E-state index in [0.717, 1.165) is 37.1 Å². The summed E-state index contributed by atoms with van der Waals surface area (Å²) in [5.74, 6) is 0.0750. The van der Waals surface area contributed by atoms with Crippen molar-refractivity contribution in [1.29, 1.82) is 0 Å². The average Bonchev–Trinajstić information content (AvgIpc) is 3.56. The van der Waals surface area contributed by atoms with Crippen LogP contribution in [0.1, 0.15) is 50.8 Å². The molecule has 4 N–H and O–H groups in total. The third-order valence-corrected chi connectivity index (χ3v) is 7.55. The van der Waals surface area contributed by atoms with E-state index >= 15 is 0 Å². The Morgan fingerprint density at radius 1 is 1.16 bits per heavy atom. The quantitative estimate of drug-likeness (QED) is 0.388. The highest BCUT2D eigenvalue weighted by atomic mass is 32.1. The van der Waals surface area contributed by atoms with Crippen molar-refractivity contribution < 1.29 is 14.4 Å². The van der Waals surface area contributed by atoms with Crippen molar-refractivity contribution in [2.24, 2.45) is 11.7 Å². The number of imidazole rings is 1. The number of carbonyl (C=O) groups is 3. The van der Waals surface area contributed by atoms with Crippen LogP contribution in [0.15, 0.2) is 59.7 Å². The fourth-order valence-electron chi connectivity index (χ4n) is 4.43. The number of piperidine rings is 1. The normalized spacial score (nSPS) is 16.1. The summed E-state index contributed by atoms with van der Waals surface area (Å²) < 4.78 is 1.74. The number of amides is 3. The van der Waals surface area contributed by atoms with Gasteiger partial charge < -0.3 is 25.8 Å². The Labute approximate surface area is 227 Å². The van der Waals surface area contributed by atoms with Crippen LogP contribution in [0.5, 0.6) is 0 Å². The van der Waals surface area contributed by atoms with Crippen molar-refractivity contribution in [3.8, 4) is 0 Å². The van der Waals surface area contributed by atoms with Gasteiger partial charge in [-0.2, -0.15) is 11.3 Å². The molecule has 0 radical (unpaired) electrons. The van der Waals surface area contributed by atoms with Gasteiger partial charge in [0.15, 0.2) is 5.82 Å². The van der Waals surface area contributed by atoms with E-state index in [4.69, 9.17) is 5.73 Å². The lowest BCUT2D eigenvalue weighted by Gasteiger charge is -2.33. The zero-order chi connectivity index (χ0) is 27.3. The lowest BCUT2D eigenvalue weighted by atomic mass is 9.97. The summed E-state index contributed by atoms with van der Waals surface area (Å²) in [5.41, 5.74) is 6.59. The van der Waals surface area contributed by atoms with Gasteiger partial charge in [0.1, 0.15) is 12.1 Å². The molecule has 1 aliphatic heterocycles. The van der Waals surface area contributed by atoms with Crippen LogP contribution in [0, 0.1) is 5.92 Å². The molecule has 1 unspecified atom stereocenters. The molecule has 202 valence electrons. The first-order chi connectivity index (χ1) is 18.1. The molecule has 2 atom stereocenters. The lowest BCUT2D eigenvalue weighted by molar-refractivity contribution is -0.135. The summed E-state index contributed by atoms with van der Waals surface area (Å²) in [7, 11) is 0. The van der Waals surface area contributed by atoms with Crippen LogP contribution in [0.25, 0.3) is 0 Å². The minimum atomic E-state index is -1.13. The summed E-state index contributed by atoms with van der Waals surface area (Å²) in [4.78, 5) is 45.8. The van der Waals surface area contributed by atoms with E-state index in [9.17, 15) is 14.4 Å². The summed E-state index contributed by atoms with van der Waals surface area (Å²) >= 11 is 1.52. The number of rotatable bonds is 9. The molecular formula is C28H36N6O3S. The summed E-state index contributed by atoms with van der Waals surface area (Å²) in [5, 5.41) is 9.44. The van der Waals surface area contributed by atoms with E-state index in [1.807, 2.05) is 52.1 Å². The topological polar surface area (TPSA) is 122 Å². The zero-order valence-electron chi connectivity index (χ0n) is 22.1. The maximum atomic E-state index is 13.7. The summed E-state index contributed by atoms with van der Waals surface area (Å²) in [6.45, 7) is 6.84. The maximum Gasteiger partial charge on any atom is 0.250 e. The summed E-state index contributed by atoms with van der Waals surface area (Å²) in [6, 6.07) is 10.1. The molecular weight excluding hydrogens is 500 g/mol. The Balaban J connectivity index is 1.54. The van der Waals surface area contributed by atoms with Crippen LogP contribution in [0.4, 0.5) is 5.82 Å². The first kappa shape index (κ1) is 27.5. The van der Waals surface area contributed by atoms with Crippen LogP contribution in [0.2, 0.25) is 0 Å². The third kappa shape index (κ3) is 6.87. The van der Waals surface area contributed by atoms with Crippen molar-refractivity contribution in [2.75, 3.05) is 18.4 Å². The van der Waals surface area contributed by atoms with Crippen LogP contribution < -0.4 is 16.4 Å². The number of thiophene rings is 1. The first-order valence-corrected chi connectivity index (χ1v) is 13.8. The molecule has 0 aliphatic carbocycles. The first-order valence-electron chi connectivity index (χ1n) is 12.9. The number of likely N-dealkylation sites (tertiary alicyclic amines) is 1. The van der Waals surface area contributed by atoms with Crippen LogP contribution >= 0.6 is 11.3 Å². The second-order valence-electron chi connectivity index (χ2n) is 10.6. The van der Waals surface area contributed by atoms with Crippen molar-refractivity contribution in [2.45, 2.75) is 57.7 Å². The number of anilines is 1. The molecule has 4 rings (SSSR count). The van der Waals surface area contributed by atoms with Crippen molar-refractivity contribution in [3.63, 3.8) is 0 Å². The number of hydrogen-bond acceptors (Lipinski definition) is 6. The molecule has 1 fully saturated rings. The number of carbonyl (C=O) groups excluding carboxylic acids is 3. The number of benzene rings is 1. The number of aromatic nitrogens is 2. The van der Waals surface area contributed by atoms with Gasteiger partial charge >= 0.3 is 0 Å². The molecule has 9 nitrogen and oxygen atoms in total. The predicted molar refractivity (Wildman–Crippen MR) is 149 cm³/mol. The van der Waals surface area contributed by atoms with Gasteiger partial charge in [0.25, 0.3) is 0 Å². The van der Waals surface area contributed by atoms with Crippen molar-refractivity contribution in [3.05, 3.63) is 70.8 Å². The monoisotopic (exact) mass is 536 g/mol. The SMILES string of the molecule is CC1CCN(C(=O)C(c2ccccc2)n2cnc(NC(=O)[C@@H](Cc3ccsc3)NC(=O)C(C)(C)N)c2)CC1. The van der Waals surface area contributed by atoms with Gasteiger partial charge in [-0.25, -0.2) is 4.98 Å². The summed E-state index contributed by atoms with van der Waals surface area (Å²) in [6.07, 6.45) is 5.50. The average molecular weight is 537 g/mol. The smallest absolute Gasteiger partial charge is 0.250 e. The fourth-order valence-corrected chi connectivity index (χ4v) is 5.11. The zero-order valence-corrected chi connectivity index (χ0v) is 22.9. The molecule has 10 heteroatoms. The number of nitrogens with zero attached hydrogens (tertiary/aromatic N) is 3. The van der Waals surface area contributed by atoms with Crippen molar-refractivity contribution in [1.82, 2.24) is 19.8 Å². The van der Waals surface area contributed by atoms with Gasteiger partial charge in [-0.05, 0) is 60.6 Å². The molecule has 0 saturated carbocycles. The Morgan fingerprint density at radius 2 is 1.87 bits per heavy atom. The third-order valence-electron chi connectivity index (χ3n) is 6.82. The van der Waals surface area contributed by atoms with E-state index in [0.29, 0.717) is 18.2 Å². The van der Waals surface area contributed by atoms with Crippen LogP contribution in [-0.2, 0) is 20.8 Å². The van der Waals surface area contributed by atoms with Gasteiger partial charge in [0, 0.05) is 25.7 Å². The van der Waals surface area contributed by atoms with Gasteiger partial charge in [0.05, 0.1) is 11.9 Å². The van der Waals surface area contributed by atoms with Gasteiger partial charge in [-0.1, -0.05) is 37.3 Å². The molecule has 3 amide bonds. The van der Waals surface area contributed by atoms with E-state index in [1.54, 1.807) is 30.9 Å². The molecule has 3 aromatic rings. The largest absolute Gasteiger partial charge is 0.342 e. The minimum absolute atomic E-state index is 0.00570. The molecule has 2 aromatic heterocycles. The standard InChI is InChI=1S/C28H36N6O3S/c1-19-9-12-33(13-10-19)26(36)24(21-7-5-4-6-8-21)34-16-23(30-18-34)32-25(35)22(15-20-11-14-38-17-20)31-27(37)28(2,3)29/h4-8,11,14,16-19,22,24H,9-10,12-13,15,29H2,1-3H3,(H,31,37)(H,32,35)/t22-,24?/m1/s1. The Hall–Kier alpha value is -3.50. The molecule has 1 saturated heterocycles. The maximum absolute atomic E-state index is 13.7. The molecule has 38 heavy (non-hydrogen) atoms. The number of hydrogen-bond donors (Lipinski definition) is 3. The second kappa shape index (κ2) is 11.9. The van der Waals surface area contributed by atoms with E-state index in [1.165, 1.54) is 11.3 Å². The highest BCUT2D eigenvalue weighted by Gasteiger charge is 2.31. The van der Waals surface area contributed by atoms with Crippen molar-refractivity contribution >= 4 is 34.9 Å². The highest BCUT2D eigenvalue weighted by molar-refractivity contribution is 7.07. The molecule has 0 spiro atoms. The number of nitrogens with one attached hydrogen (secondary N) is 2. The van der Waals surface area contributed by atoms with Gasteiger partial charge in [-0.15, -0.1) is 0 Å². The van der Waals surface area contributed by atoms with E-state index in [2.05, 4.69) is 22.5 Å². The van der Waals surface area contributed by atoms with Gasteiger partial charge in [0.2, 0.25) is 17.7 Å². The van der Waals surface area contributed by atoms with E-state index in [-0.39, 0.29) is 5.91 Å². The van der Waals surface area contributed by atoms with E-state index < -0.39 is 29.4 Å². The Bertz CT molecular complexity index is 1230. The minimum Gasteiger partial charge on any atom is -0.342 e.